The van der Waals surface area contributed by atoms with Crippen LogP contribution in [0.3, 0.4) is 0 Å². The van der Waals surface area contributed by atoms with Crippen LogP contribution in [0.25, 0.3) is 17.0 Å². The van der Waals surface area contributed by atoms with Crippen molar-refractivity contribution < 1.29 is 9.53 Å². The third-order valence-electron chi connectivity index (χ3n) is 5.26. The number of H-pyrrole nitrogens is 1. The summed E-state index contributed by atoms with van der Waals surface area (Å²) in [6, 6.07) is 15.8. The molecule has 2 N–H and O–H groups in total. The van der Waals surface area contributed by atoms with Gasteiger partial charge >= 0.3 is 0 Å². The summed E-state index contributed by atoms with van der Waals surface area (Å²) in [7, 11) is 1.58. The van der Waals surface area contributed by atoms with E-state index in [4.69, 9.17) is 4.74 Å². The minimum atomic E-state index is -0.414. The summed E-state index contributed by atoms with van der Waals surface area (Å²) >= 11 is 0. The molecule has 0 saturated heterocycles. The number of aromatic amines is 1. The number of para-hydroxylation sites is 1. The number of amides is 1. The molecule has 4 rings (SSSR count). The number of nitrogens with one attached hydrogen (secondary N) is 2. The molecule has 164 valence electrons. The van der Waals surface area contributed by atoms with Crippen molar-refractivity contribution in [3.63, 3.8) is 0 Å². The van der Waals surface area contributed by atoms with Gasteiger partial charge in [-0.15, -0.1) is 0 Å². The average molecular weight is 431 g/mol. The van der Waals surface area contributed by atoms with E-state index in [1.807, 2.05) is 56.3 Å². The van der Waals surface area contributed by atoms with Gasteiger partial charge in [0.1, 0.15) is 5.75 Å². The predicted octanol–water partition coefficient (Wildman–Crippen LogP) is 3.15. The molecule has 0 aliphatic heterocycles. The minimum absolute atomic E-state index is 0.0279. The summed E-state index contributed by atoms with van der Waals surface area (Å²) in [5.41, 5.74) is 2.93. The normalized spacial score (nSPS) is 12.1. The number of methoxy groups -OCH3 is 1. The van der Waals surface area contributed by atoms with Crippen LogP contribution in [0.5, 0.6) is 5.75 Å². The molecule has 0 aliphatic carbocycles. The molecule has 0 spiro atoms. The Morgan fingerprint density at radius 2 is 1.94 bits per heavy atom. The van der Waals surface area contributed by atoms with Crippen molar-refractivity contribution in [2.45, 2.75) is 26.3 Å². The maximum atomic E-state index is 12.8. The van der Waals surface area contributed by atoms with Gasteiger partial charge in [-0.05, 0) is 24.1 Å². The fraction of sp³-hybridized carbons (Fsp3) is 0.250. The van der Waals surface area contributed by atoms with Crippen LogP contribution in [0.15, 0.2) is 65.6 Å². The predicted molar refractivity (Wildman–Crippen MR) is 121 cm³/mol. The zero-order valence-electron chi connectivity index (χ0n) is 18.2. The van der Waals surface area contributed by atoms with Crippen molar-refractivity contribution in [2.75, 3.05) is 7.11 Å². The van der Waals surface area contributed by atoms with E-state index < -0.39 is 6.04 Å². The molecule has 1 aromatic carbocycles. The molecule has 0 fully saturated rings. The molecular formula is C24H25N5O3. The van der Waals surface area contributed by atoms with E-state index in [0.29, 0.717) is 28.5 Å². The minimum Gasteiger partial charge on any atom is -0.496 e. The molecule has 3 heterocycles. The highest BCUT2D eigenvalue weighted by molar-refractivity contribution is 5.79. The highest BCUT2D eigenvalue weighted by atomic mass is 16.5. The molecule has 8 nitrogen and oxygen atoms in total. The van der Waals surface area contributed by atoms with Gasteiger partial charge in [0.2, 0.25) is 5.91 Å². The second kappa shape index (κ2) is 9.05. The van der Waals surface area contributed by atoms with Crippen LogP contribution in [0, 0.1) is 5.92 Å². The molecule has 0 aliphatic rings. The lowest BCUT2D eigenvalue weighted by Gasteiger charge is -2.22. The molecule has 32 heavy (non-hydrogen) atoms. The van der Waals surface area contributed by atoms with Crippen molar-refractivity contribution in [3.8, 4) is 17.1 Å². The Bertz CT molecular complexity index is 1290. The van der Waals surface area contributed by atoms with Gasteiger partial charge in [0.25, 0.3) is 5.56 Å². The number of nitrogens with zero attached hydrogens (tertiary/aromatic N) is 3. The van der Waals surface area contributed by atoms with E-state index in [-0.39, 0.29) is 23.8 Å². The van der Waals surface area contributed by atoms with Crippen molar-refractivity contribution in [2.24, 2.45) is 5.92 Å². The first kappa shape index (κ1) is 21.3. The van der Waals surface area contributed by atoms with E-state index in [0.717, 1.165) is 5.56 Å². The highest BCUT2D eigenvalue weighted by Gasteiger charge is 2.22. The number of carbonyl (C=O) groups is 1. The molecule has 1 atom stereocenters. The fourth-order valence-corrected chi connectivity index (χ4v) is 3.65. The Balaban J connectivity index is 1.62. The summed E-state index contributed by atoms with van der Waals surface area (Å²) in [5.74, 6) is 0.523. The SMILES string of the molecule is COc1ccccc1CC(=O)N[C@@H](c1cc(=O)n2[nH]c(-c3ccccn3)cc2n1)C(C)C. The molecule has 4 aromatic rings. The lowest BCUT2D eigenvalue weighted by atomic mass is 10.00. The first-order valence-corrected chi connectivity index (χ1v) is 10.4. The van der Waals surface area contributed by atoms with E-state index in [1.54, 1.807) is 19.4 Å². The van der Waals surface area contributed by atoms with Crippen molar-refractivity contribution in [3.05, 3.63) is 82.4 Å². The maximum absolute atomic E-state index is 12.8. The Kier molecular flexibility index (Phi) is 6.02. The molecule has 8 heteroatoms. The number of benzene rings is 1. The first-order chi connectivity index (χ1) is 15.5. The van der Waals surface area contributed by atoms with E-state index in [1.165, 1.54) is 10.6 Å². The summed E-state index contributed by atoms with van der Waals surface area (Å²) in [6.07, 6.45) is 1.86. The van der Waals surface area contributed by atoms with E-state index >= 15 is 0 Å². The number of rotatable bonds is 7. The van der Waals surface area contributed by atoms with Crippen LogP contribution in [0.4, 0.5) is 0 Å². The number of aromatic nitrogens is 4. The number of fused-ring (bicyclic) bond motifs is 1. The second-order valence-corrected chi connectivity index (χ2v) is 7.88. The molecule has 0 saturated carbocycles. The lowest BCUT2D eigenvalue weighted by molar-refractivity contribution is -0.121. The summed E-state index contributed by atoms with van der Waals surface area (Å²) in [4.78, 5) is 34.6. The van der Waals surface area contributed by atoms with Crippen molar-refractivity contribution in [1.82, 2.24) is 24.9 Å². The number of ether oxygens (including phenoxy) is 1. The van der Waals surface area contributed by atoms with Crippen LogP contribution in [-0.4, -0.2) is 32.6 Å². The molecular weight excluding hydrogens is 406 g/mol. The quantitative estimate of drug-likeness (QED) is 0.468. The largest absolute Gasteiger partial charge is 0.496 e. The van der Waals surface area contributed by atoms with Gasteiger partial charge in [-0.25, -0.2) is 9.50 Å². The van der Waals surface area contributed by atoms with Gasteiger partial charge in [-0.1, -0.05) is 38.1 Å². The number of hydrogen-bond donors (Lipinski definition) is 2. The Hall–Kier alpha value is -3.94. The van der Waals surface area contributed by atoms with Crippen LogP contribution >= 0.6 is 0 Å². The summed E-state index contributed by atoms with van der Waals surface area (Å²) < 4.78 is 6.72. The van der Waals surface area contributed by atoms with Gasteiger partial charge in [-0.2, -0.15) is 0 Å². The highest BCUT2D eigenvalue weighted by Crippen LogP contribution is 2.23. The topological polar surface area (TPSA) is 101 Å². The van der Waals surface area contributed by atoms with Gasteiger partial charge in [-0.3, -0.25) is 19.7 Å². The number of hydrogen-bond acceptors (Lipinski definition) is 5. The molecule has 0 bridgehead atoms. The fourth-order valence-electron chi connectivity index (χ4n) is 3.65. The lowest BCUT2D eigenvalue weighted by Crippen LogP contribution is -2.34. The smallest absolute Gasteiger partial charge is 0.272 e. The third-order valence-corrected chi connectivity index (χ3v) is 5.26. The standard InChI is InChI=1S/C24H25N5O3/c1-15(2)24(27-22(30)12-16-8-4-5-10-20(16)32-3)19-14-23(31)29-21(26-19)13-18(28-29)17-9-6-7-11-25-17/h4-11,13-15,24,28H,12H2,1-3H3,(H,27,30)/t24-/m1/s1. The summed E-state index contributed by atoms with van der Waals surface area (Å²) in [5, 5.41) is 6.07. The van der Waals surface area contributed by atoms with Gasteiger partial charge < -0.3 is 10.1 Å². The van der Waals surface area contributed by atoms with E-state index in [9.17, 15) is 9.59 Å². The first-order valence-electron chi connectivity index (χ1n) is 10.4. The van der Waals surface area contributed by atoms with Crippen molar-refractivity contribution in [1.29, 1.82) is 0 Å². The number of pyridine rings is 1. The van der Waals surface area contributed by atoms with Crippen LogP contribution < -0.4 is 15.6 Å². The Morgan fingerprint density at radius 3 is 2.66 bits per heavy atom. The van der Waals surface area contributed by atoms with Crippen molar-refractivity contribution >= 4 is 11.6 Å². The second-order valence-electron chi connectivity index (χ2n) is 7.88. The Labute approximate surface area is 185 Å². The van der Waals surface area contributed by atoms with Gasteiger partial charge in [0.05, 0.1) is 36.7 Å². The zero-order chi connectivity index (χ0) is 22.7. The van der Waals surface area contributed by atoms with Crippen LogP contribution in [-0.2, 0) is 11.2 Å². The third kappa shape index (κ3) is 4.39. The Morgan fingerprint density at radius 1 is 1.16 bits per heavy atom. The van der Waals surface area contributed by atoms with Gasteiger partial charge in [0, 0.05) is 23.9 Å². The summed E-state index contributed by atoms with van der Waals surface area (Å²) in [6.45, 7) is 3.96. The van der Waals surface area contributed by atoms with Gasteiger partial charge in [0.15, 0.2) is 5.65 Å². The molecule has 1 amide bonds. The monoisotopic (exact) mass is 431 g/mol. The molecule has 3 aromatic heterocycles. The van der Waals surface area contributed by atoms with Crippen LogP contribution in [0.1, 0.15) is 31.1 Å². The maximum Gasteiger partial charge on any atom is 0.272 e. The molecule has 0 radical (unpaired) electrons. The van der Waals surface area contributed by atoms with E-state index in [2.05, 4.69) is 20.4 Å². The number of carbonyl (C=O) groups excluding carboxylic acids is 1. The van der Waals surface area contributed by atoms with Crippen LogP contribution in [0.2, 0.25) is 0 Å². The zero-order valence-corrected chi connectivity index (χ0v) is 18.2. The average Bonchev–Trinajstić information content (AvgIpc) is 3.23. The molecule has 0 unspecified atom stereocenters.